The predicted molar refractivity (Wildman–Crippen MR) is 206 cm³/mol. The van der Waals surface area contributed by atoms with Crippen molar-refractivity contribution >= 4 is 75.7 Å². The van der Waals surface area contributed by atoms with Crippen molar-refractivity contribution in [2.75, 3.05) is 0 Å². The Morgan fingerprint density at radius 2 is 1.04 bits per heavy atom. The number of hydrogen-bond donors (Lipinski definition) is 2. The van der Waals surface area contributed by atoms with Crippen LogP contribution < -0.4 is 4.74 Å². The molecule has 0 radical (unpaired) electrons. The van der Waals surface area contributed by atoms with E-state index in [1.165, 1.54) is 19.1 Å². The maximum Gasteiger partial charge on any atom is 0.347 e. The van der Waals surface area contributed by atoms with E-state index < -0.39 is 35.2 Å². The number of aromatic hydroxyl groups is 1. The summed E-state index contributed by atoms with van der Waals surface area (Å²) in [7, 11) is 0. The number of carbonyl (C=O) groups excluding carboxylic acids is 1. The minimum Gasteiger partial charge on any atom is -0.504 e. The highest BCUT2D eigenvalue weighted by Crippen LogP contribution is 2.34. The van der Waals surface area contributed by atoms with E-state index in [1.54, 1.807) is 43.3 Å². The Morgan fingerprint density at radius 3 is 1.51 bits per heavy atom. The van der Waals surface area contributed by atoms with Crippen LogP contribution in [-0.2, 0) is 12.8 Å². The van der Waals surface area contributed by atoms with Crippen LogP contribution in [0.3, 0.4) is 0 Å². The molecule has 0 unspecified atom stereocenters. The molecule has 0 bridgehead atoms. The van der Waals surface area contributed by atoms with Gasteiger partial charge in [0.05, 0.1) is 8.95 Å². The van der Waals surface area contributed by atoms with Gasteiger partial charge in [0.2, 0.25) is 0 Å². The molecule has 0 spiro atoms. The highest BCUT2D eigenvalue weighted by Gasteiger charge is 2.23. The third kappa shape index (κ3) is 12.7. The third-order valence-electron chi connectivity index (χ3n) is 7.56. The summed E-state index contributed by atoms with van der Waals surface area (Å²) in [5, 5.41) is 17.9. The fourth-order valence-corrected chi connectivity index (χ4v) is 6.24. The SMILES string of the molecule is CCCCCc1ccc(Br)c(O)c1F.CCCCCc1ccc(Br)c(OC(=O)c2c(Br)ccc(C)c2F)c1F.Cc1ccc(Br)c(C(=O)O)c1F. The quantitative estimate of drug-likeness (QED) is 0.0677. The number of halogens is 8. The standard InChI is InChI=1S/C19H18Br2F2O2.C11H14BrFO.C8H6BrFO2/c1-3-4-5-6-12-8-10-14(21)18(17(12)23)25-19(24)15-13(20)9-7-11(2)16(15)22;1-2-3-4-5-8-6-7-9(12)11(14)10(8)13;1-4-2-3-5(9)6(7(4)10)8(11)12/h7-10H,3-6H2,1-2H3;6-7,14H,2-5H2,1H3;2-3H,1H3,(H,11,12). The summed E-state index contributed by atoms with van der Waals surface area (Å²) in [5.41, 5.74) is 1.15. The Morgan fingerprint density at radius 1 is 0.608 bits per heavy atom. The van der Waals surface area contributed by atoms with E-state index in [1.807, 2.05) is 0 Å². The molecule has 0 saturated heterocycles. The highest BCUT2D eigenvalue weighted by atomic mass is 79.9. The van der Waals surface area contributed by atoms with E-state index in [0.717, 1.165) is 38.5 Å². The molecule has 51 heavy (non-hydrogen) atoms. The van der Waals surface area contributed by atoms with Crippen LogP contribution in [0.4, 0.5) is 17.6 Å². The molecule has 5 nitrogen and oxygen atoms in total. The molecule has 0 atom stereocenters. The van der Waals surface area contributed by atoms with E-state index in [0.29, 0.717) is 44.0 Å². The lowest BCUT2D eigenvalue weighted by atomic mass is 10.1. The number of benzene rings is 4. The number of hydrogen-bond acceptors (Lipinski definition) is 4. The number of carbonyl (C=O) groups is 2. The topological polar surface area (TPSA) is 83.8 Å². The van der Waals surface area contributed by atoms with E-state index in [2.05, 4.69) is 77.6 Å². The molecule has 4 aromatic rings. The van der Waals surface area contributed by atoms with Crippen molar-refractivity contribution in [3.05, 3.63) is 123 Å². The zero-order chi connectivity index (χ0) is 38.4. The fraction of sp³-hybridized carbons (Fsp3) is 0.316. The van der Waals surface area contributed by atoms with Gasteiger partial charge in [0.25, 0.3) is 0 Å². The van der Waals surface area contributed by atoms with Crippen LogP contribution in [0.5, 0.6) is 11.5 Å². The molecule has 0 fully saturated rings. The van der Waals surface area contributed by atoms with Crippen LogP contribution >= 0.6 is 63.7 Å². The van der Waals surface area contributed by atoms with Crippen molar-refractivity contribution in [3.63, 3.8) is 0 Å². The van der Waals surface area contributed by atoms with Gasteiger partial charge in [0.1, 0.15) is 22.8 Å². The number of unbranched alkanes of at least 4 members (excludes halogenated alkanes) is 4. The number of aromatic carboxylic acids is 1. The maximum atomic E-state index is 14.7. The molecule has 4 rings (SSSR count). The van der Waals surface area contributed by atoms with E-state index in [9.17, 15) is 32.3 Å². The van der Waals surface area contributed by atoms with Crippen LogP contribution in [0.2, 0.25) is 0 Å². The van der Waals surface area contributed by atoms with E-state index in [4.69, 9.17) is 9.84 Å². The second-order valence-electron chi connectivity index (χ2n) is 11.4. The Labute approximate surface area is 329 Å². The number of esters is 1. The summed E-state index contributed by atoms with van der Waals surface area (Å²) in [6, 6.07) is 12.8. The minimum absolute atomic E-state index is 0.216. The summed E-state index contributed by atoms with van der Waals surface area (Å²) in [6.45, 7) is 7.24. The second kappa shape index (κ2) is 21.7. The number of rotatable bonds is 11. The zero-order valence-electron chi connectivity index (χ0n) is 28.4. The molecule has 0 saturated carbocycles. The first-order valence-corrected chi connectivity index (χ1v) is 19.2. The van der Waals surface area contributed by atoms with Crippen LogP contribution in [0.25, 0.3) is 0 Å². The van der Waals surface area contributed by atoms with Crippen LogP contribution in [0, 0.1) is 37.1 Å². The number of ether oxygens (including phenoxy) is 1. The molecule has 276 valence electrons. The average Bonchev–Trinajstić information content (AvgIpc) is 3.08. The summed E-state index contributed by atoms with van der Waals surface area (Å²) in [4.78, 5) is 22.9. The van der Waals surface area contributed by atoms with Gasteiger partial charge in [0, 0.05) is 8.95 Å². The normalized spacial score (nSPS) is 10.5. The monoisotopic (exact) mass is 966 g/mol. The van der Waals surface area contributed by atoms with Crippen molar-refractivity contribution in [1.82, 2.24) is 0 Å². The predicted octanol–water partition coefficient (Wildman–Crippen LogP) is 13.4. The Balaban J connectivity index is 0.000000292. The molecular formula is C38H38Br4F4O5. The smallest absolute Gasteiger partial charge is 0.347 e. The van der Waals surface area contributed by atoms with Crippen LogP contribution in [-0.4, -0.2) is 22.2 Å². The first-order chi connectivity index (χ1) is 24.1. The van der Waals surface area contributed by atoms with Gasteiger partial charge in [-0.05, 0) is 150 Å². The lowest BCUT2D eigenvalue weighted by Crippen LogP contribution is -2.14. The van der Waals surface area contributed by atoms with Gasteiger partial charge in [-0.2, -0.15) is 0 Å². The number of carboxylic acid groups (broad SMARTS) is 1. The van der Waals surface area contributed by atoms with Gasteiger partial charge in [-0.25, -0.2) is 27.2 Å². The van der Waals surface area contributed by atoms with Gasteiger partial charge in [-0.1, -0.05) is 63.8 Å². The Hall–Kier alpha value is -2.74. The van der Waals surface area contributed by atoms with Gasteiger partial charge in [0.15, 0.2) is 23.1 Å². The number of phenols is 1. The molecule has 0 amide bonds. The third-order valence-corrected chi connectivity index (χ3v) is 10.1. The van der Waals surface area contributed by atoms with Crippen molar-refractivity contribution < 1.29 is 42.1 Å². The molecule has 2 N–H and O–H groups in total. The summed E-state index contributed by atoms with van der Waals surface area (Å²) in [5.74, 6) is -5.15. The number of phenolic OH excluding ortho intramolecular Hbond substituents is 1. The molecule has 13 heteroatoms. The lowest BCUT2D eigenvalue weighted by Gasteiger charge is -2.12. The van der Waals surface area contributed by atoms with Gasteiger partial charge >= 0.3 is 11.9 Å². The van der Waals surface area contributed by atoms with Gasteiger partial charge < -0.3 is 14.9 Å². The average molecular weight is 970 g/mol. The number of aryl methyl sites for hydroxylation is 4. The maximum absolute atomic E-state index is 14.7. The van der Waals surface area contributed by atoms with Crippen molar-refractivity contribution in [1.29, 1.82) is 0 Å². The van der Waals surface area contributed by atoms with Gasteiger partial charge in [-0.15, -0.1) is 0 Å². The minimum atomic E-state index is -1.26. The van der Waals surface area contributed by atoms with Crippen molar-refractivity contribution in [3.8, 4) is 11.5 Å². The summed E-state index contributed by atoms with van der Waals surface area (Å²) >= 11 is 12.4. The van der Waals surface area contributed by atoms with E-state index >= 15 is 0 Å². The molecule has 4 aromatic carbocycles. The van der Waals surface area contributed by atoms with Gasteiger partial charge in [-0.3, -0.25) is 0 Å². The van der Waals surface area contributed by atoms with Crippen LogP contribution in [0.1, 0.15) is 95.3 Å². The second-order valence-corrected chi connectivity index (χ2v) is 14.9. The highest BCUT2D eigenvalue weighted by molar-refractivity contribution is 9.11. The molecule has 0 heterocycles. The first-order valence-electron chi connectivity index (χ1n) is 16.0. The van der Waals surface area contributed by atoms with Crippen LogP contribution in [0.15, 0.2) is 66.4 Å². The summed E-state index contributed by atoms with van der Waals surface area (Å²) in [6.07, 6.45) is 7.29. The lowest BCUT2D eigenvalue weighted by molar-refractivity contribution is 0.0687. The van der Waals surface area contributed by atoms with Crippen molar-refractivity contribution in [2.45, 2.75) is 79.1 Å². The Bertz CT molecular complexity index is 1840. The van der Waals surface area contributed by atoms with Crippen molar-refractivity contribution in [2.24, 2.45) is 0 Å². The molecule has 0 aliphatic rings. The Kier molecular flexibility index (Phi) is 18.9. The molecule has 0 aliphatic carbocycles. The van der Waals surface area contributed by atoms with E-state index in [-0.39, 0.29) is 31.6 Å². The first kappa shape index (κ1) is 44.4. The zero-order valence-corrected chi connectivity index (χ0v) is 34.8. The summed E-state index contributed by atoms with van der Waals surface area (Å²) < 4.78 is 61.9. The number of carboxylic acids is 1. The largest absolute Gasteiger partial charge is 0.504 e. The molecular weight excluding hydrogens is 932 g/mol. The fourth-order valence-electron chi connectivity index (χ4n) is 4.61. The molecule has 0 aliphatic heterocycles. The molecule has 0 aromatic heterocycles.